The van der Waals surface area contributed by atoms with E-state index in [1.807, 2.05) is 42.5 Å². The van der Waals surface area contributed by atoms with E-state index in [4.69, 9.17) is 4.98 Å². The van der Waals surface area contributed by atoms with Gasteiger partial charge in [0.1, 0.15) is 0 Å². The summed E-state index contributed by atoms with van der Waals surface area (Å²) in [4.78, 5) is 31.1. The van der Waals surface area contributed by atoms with Crippen molar-refractivity contribution < 1.29 is 9.59 Å². The third-order valence-electron chi connectivity index (χ3n) is 5.40. The molecule has 3 aliphatic rings. The molecule has 112 valence electrons. The predicted molar refractivity (Wildman–Crippen MR) is 85.5 cm³/mol. The van der Waals surface area contributed by atoms with Gasteiger partial charge in [0, 0.05) is 18.0 Å². The summed E-state index contributed by atoms with van der Waals surface area (Å²) in [5, 5.41) is 1.08. The second-order valence-corrected chi connectivity index (χ2v) is 6.51. The van der Waals surface area contributed by atoms with Crippen LogP contribution in [0.25, 0.3) is 10.9 Å². The molecule has 2 bridgehead atoms. The number of para-hydroxylation sites is 1. The summed E-state index contributed by atoms with van der Waals surface area (Å²) in [7, 11) is 1.57. The molecule has 4 nitrogen and oxygen atoms in total. The molecule has 4 heteroatoms. The second kappa shape index (κ2) is 3.96. The first kappa shape index (κ1) is 12.8. The minimum absolute atomic E-state index is 0.112. The third-order valence-corrected chi connectivity index (χ3v) is 5.40. The first-order valence-electron chi connectivity index (χ1n) is 7.72. The van der Waals surface area contributed by atoms with Crippen LogP contribution in [0.4, 0.5) is 0 Å². The number of amides is 2. The Labute approximate surface area is 133 Å². The van der Waals surface area contributed by atoms with Crippen molar-refractivity contribution in [1.82, 2.24) is 9.88 Å². The van der Waals surface area contributed by atoms with E-state index in [0.29, 0.717) is 12.0 Å². The van der Waals surface area contributed by atoms with Gasteiger partial charge < -0.3 is 0 Å². The van der Waals surface area contributed by atoms with Crippen LogP contribution in [-0.4, -0.2) is 28.7 Å². The van der Waals surface area contributed by atoms with E-state index in [1.165, 1.54) is 4.90 Å². The Morgan fingerprint density at radius 3 is 2.87 bits per heavy atom. The average molecular weight is 302 g/mol. The number of likely N-dealkylation sites (tertiary alicyclic amines) is 1. The van der Waals surface area contributed by atoms with Crippen molar-refractivity contribution in [1.29, 1.82) is 0 Å². The van der Waals surface area contributed by atoms with Crippen LogP contribution in [0.15, 0.2) is 59.7 Å². The van der Waals surface area contributed by atoms with Crippen LogP contribution in [0.3, 0.4) is 0 Å². The molecule has 2 aromatic rings. The predicted octanol–water partition coefficient (Wildman–Crippen LogP) is 2.36. The standard InChI is InChI=1S/C19H14N2O2/c1-21-17(22)15-12-8-9-19(10-12,16(15)18(21)23)14-7-6-11-4-2-3-5-13(11)20-14/h2-9,16H,10H2,1H3. The molecule has 1 aromatic heterocycles. The van der Waals surface area contributed by atoms with Crippen LogP contribution in [0.1, 0.15) is 12.1 Å². The van der Waals surface area contributed by atoms with Crippen LogP contribution >= 0.6 is 0 Å². The fraction of sp³-hybridized carbons (Fsp3) is 0.211. The van der Waals surface area contributed by atoms with Gasteiger partial charge in [0.05, 0.1) is 22.5 Å². The number of hydrogen-bond donors (Lipinski definition) is 0. The highest BCUT2D eigenvalue weighted by Gasteiger charge is 2.60. The minimum atomic E-state index is -0.494. The number of hydrogen-bond acceptors (Lipinski definition) is 3. The SMILES string of the molecule is CN1C(=O)C2=C3C=CC(c4ccc5ccccc5n4)(C3)C2C1=O. The lowest BCUT2D eigenvalue weighted by molar-refractivity contribution is -0.138. The van der Waals surface area contributed by atoms with Crippen molar-refractivity contribution in [2.75, 3.05) is 7.05 Å². The number of aromatic nitrogens is 1. The summed E-state index contributed by atoms with van der Waals surface area (Å²) in [5.41, 5.74) is 2.97. The summed E-state index contributed by atoms with van der Waals surface area (Å²) < 4.78 is 0. The monoisotopic (exact) mass is 302 g/mol. The quantitative estimate of drug-likeness (QED) is 0.760. The van der Waals surface area contributed by atoms with Crippen molar-refractivity contribution in [3.8, 4) is 0 Å². The van der Waals surface area contributed by atoms with Crippen molar-refractivity contribution in [3.63, 3.8) is 0 Å². The normalized spacial score (nSPS) is 28.4. The number of likely N-dealkylation sites (N-methyl/N-ethyl adjacent to an activating group) is 1. The maximum atomic E-state index is 12.6. The highest BCUT2D eigenvalue weighted by atomic mass is 16.2. The summed E-state index contributed by atoms with van der Waals surface area (Å²) in [6, 6.07) is 12.0. The molecule has 0 spiro atoms. The number of benzene rings is 1. The zero-order chi connectivity index (χ0) is 15.8. The molecule has 1 aromatic carbocycles. The Bertz CT molecular complexity index is 972. The van der Waals surface area contributed by atoms with Gasteiger partial charge in [-0.15, -0.1) is 0 Å². The third kappa shape index (κ3) is 1.39. The number of nitrogens with zero attached hydrogens (tertiary/aromatic N) is 2. The van der Waals surface area contributed by atoms with Crippen molar-refractivity contribution in [2.45, 2.75) is 11.8 Å². The summed E-state index contributed by atoms with van der Waals surface area (Å²) in [6.07, 6.45) is 4.76. The molecule has 2 unspecified atom stereocenters. The van der Waals surface area contributed by atoms with Crippen molar-refractivity contribution >= 4 is 22.7 Å². The van der Waals surface area contributed by atoms with Crippen LogP contribution < -0.4 is 0 Å². The largest absolute Gasteiger partial charge is 0.281 e. The zero-order valence-corrected chi connectivity index (χ0v) is 12.6. The molecule has 2 atom stereocenters. The van der Waals surface area contributed by atoms with E-state index < -0.39 is 11.3 Å². The lowest BCUT2D eigenvalue weighted by Crippen LogP contribution is -2.37. The topological polar surface area (TPSA) is 50.3 Å². The highest BCUT2D eigenvalue weighted by molar-refractivity contribution is 6.17. The maximum Gasteiger partial charge on any atom is 0.257 e. The molecule has 5 rings (SSSR count). The van der Waals surface area contributed by atoms with Gasteiger partial charge in [-0.25, -0.2) is 0 Å². The lowest BCUT2D eigenvalue weighted by atomic mass is 9.73. The molecule has 2 amide bonds. The van der Waals surface area contributed by atoms with Crippen molar-refractivity contribution in [3.05, 3.63) is 65.4 Å². The van der Waals surface area contributed by atoms with Crippen molar-refractivity contribution in [2.24, 2.45) is 5.92 Å². The molecule has 2 aliphatic carbocycles. The number of rotatable bonds is 1. The van der Waals surface area contributed by atoms with E-state index in [1.54, 1.807) is 7.05 Å². The molecule has 1 fully saturated rings. The summed E-state index contributed by atoms with van der Waals surface area (Å²) in [5.74, 6) is -0.671. The fourth-order valence-corrected chi connectivity index (χ4v) is 4.24. The Hall–Kier alpha value is -2.75. The Kier molecular flexibility index (Phi) is 2.20. The van der Waals surface area contributed by atoms with Gasteiger partial charge >= 0.3 is 0 Å². The van der Waals surface area contributed by atoms with Gasteiger partial charge in [0.25, 0.3) is 5.91 Å². The fourth-order valence-electron chi connectivity index (χ4n) is 4.24. The van der Waals surface area contributed by atoms with Gasteiger partial charge in [0.15, 0.2) is 0 Å². The number of carbonyl (C=O) groups is 2. The smallest absolute Gasteiger partial charge is 0.257 e. The van der Waals surface area contributed by atoms with E-state index >= 15 is 0 Å². The van der Waals surface area contributed by atoms with Gasteiger partial charge in [0.2, 0.25) is 5.91 Å². The summed E-state index contributed by atoms with van der Waals surface area (Å²) in [6.45, 7) is 0. The van der Waals surface area contributed by atoms with E-state index in [0.717, 1.165) is 22.2 Å². The molecule has 0 N–H and O–H groups in total. The first-order valence-corrected chi connectivity index (χ1v) is 7.72. The molecular weight excluding hydrogens is 288 g/mol. The lowest BCUT2D eigenvalue weighted by Gasteiger charge is -2.29. The van der Waals surface area contributed by atoms with E-state index in [9.17, 15) is 9.59 Å². The summed E-state index contributed by atoms with van der Waals surface area (Å²) >= 11 is 0. The van der Waals surface area contributed by atoms with Crippen LogP contribution in [0.2, 0.25) is 0 Å². The first-order chi connectivity index (χ1) is 11.1. The van der Waals surface area contributed by atoms with Crippen LogP contribution in [0, 0.1) is 5.92 Å². The van der Waals surface area contributed by atoms with Crippen LogP contribution in [0.5, 0.6) is 0 Å². The maximum absolute atomic E-state index is 12.6. The molecule has 2 heterocycles. The molecule has 1 saturated heterocycles. The molecular formula is C19H14N2O2. The Morgan fingerprint density at radius 2 is 2.00 bits per heavy atom. The zero-order valence-electron chi connectivity index (χ0n) is 12.6. The molecule has 1 aliphatic heterocycles. The van der Waals surface area contributed by atoms with E-state index in [-0.39, 0.29) is 11.8 Å². The number of fused-ring (bicyclic) bond motifs is 5. The Morgan fingerprint density at radius 1 is 1.17 bits per heavy atom. The number of carbonyl (C=O) groups excluding carboxylic acids is 2. The average Bonchev–Trinajstić information content (AvgIpc) is 3.22. The van der Waals surface area contributed by atoms with Crippen LogP contribution in [-0.2, 0) is 15.0 Å². The Balaban J connectivity index is 1.72. The minimum Gasteiger partial charge on any atom is -0.281 e. The molecule has 23 heavy (non-hydrogen) atoms. The molecule has 0 radical (unpaired) electrons. The molecule has 0 saturated carbocycles. The van der Waals surface area contributed by atoms with Gasteiger partial charge in [-0.2, -0.15) is 0 Å². The van der Waals surface area contributed by atoms with Gasteiger partial charge in [-0.1, -0.05) is 36.4 Å². The van der Waals surface area contributed by atoms with Gasteiger partial charge in [-0.3, -0.25) is 19.5 Å². The number of imide groups is 1. The highest BCUT2D eigenvalue weighted by Crippen LogP contribution is 2.57. The van der Waals surface area contributed by atoms with Gasteiger partial charge in [-0.05, 0) is 24.1 Å². The van der Waals surface area contributed by atoms with E-state index in [2.05, 4.69) is 6.08 Å². The number of pyridine rings is 1. The second-order valence-electron chi connectivity index (χ2n) is 6.51. The number of allylic oxidation sites excluding steroid dienone is 3.